The second-order valence-electron chi connectivity index (χ2n) is 4.36. The minimum absolute atomic E-state index is 0. The number of benzene rings is 1. The van der Waals surface area contributed by atoms with Crippen LogP contribution in [0.15, 0.2) is 24.3 Å². The molecular weight excluding hydrogens is 257 g/mol. The van der Waals surface area contributed by atoms with Gasteiger partial charge in [-0.05, 0) is 55.4 Å². The zero-order chi connectivity index (χ0) is 11.0. The van der Waals surface area contributed by atoms with Crippen molar-refractivity contribution in [2.45, 2.75) is 18.8 Å². The fraction of sp³-hybridized carbons (Fsp3) is 0.385. The molecule has 0 radical (unpaired) electrons. The van der Waals surface area contributed by atoms with Crippen LogP contribution in [0.2, 0.25) is 0 Å². The molecule has 1 aliphatic heterocycles. The van der Waals surface area contributed by atoms with E-state index in [0.29, 0.717) is 5.92 Å². The van der Waals surface area contributed by atoms with Crippen LogP contribution < -0.4 is 5.32 Å². The first-order chi connectivity index (χ1) is 7.83. The predicted molar refractivity (Wildman–Crippen MR) is 73.9 cm³/mol. The van der Waals surface area contributed by atoms with Crippen LogP contribution in [-0.2, 0) is 0 Å². The van der Waals surface area contributed by atoms with E-state index in [1.54, 1.807) is 23.5 Å². The summed E-state index contributed by atoms with van der Waals surface area (Å²) < 4.78 is 14.2. The third kappa shape index (κ3) is 2.62. The molecule has 1 saturated heterocycles. The largest absolute Gasteiger partial charge is 0.317 e. The summed E-state index contributed by atoms with van der Waals surface area (Å²) in [6, 6.07) is 7.30. The monoisotopic (exact) mass is 271 g/mol. The van der Waals surface area contributed by atoms with E-state index < -0.39 is 0 Å². The van der Waals surface area contributed by atoms with Gasteiger partial charge in [0, 0.05) is 9.58 Å². The second-order valence-corrected chi connectivity index (χ2v) is 5.47. The molecule has 0 amide bonds. The fourth-order valence-electron chi connectivity index (χ4n) is 2.33. The lowest BCUT2D eigenvalue weighted by Gasteiger charge is -2.21. The minimum Gasteiger partial charge on any atom is -0.317 e. The summed E-state index contributed by atoms with van der Waals surface area (Å²) in [7, 11) is 0. The van der Waals surface area contributed by atoms with Crippen LogP contribution in [0, 0.1) is 5.82 Å². The normalized spacial score (nSPS) is 17.0. The number of fused-ring (bicyclic) bond motifs is 1. The summed E-state index contributed by atoms with van der Waals surface area (Å²) in [6.07, 6.45) is 2.41. The maximum atomic E-state index is 13.1. The molecule has 0 saturated carbocycles. The summed E-state index contributed by atoms with van der Waals surface area (Å²) >= 11 is 1.75. The average Bonchev–Trinajstić information content (AvgIpc) is 2.73. The molecule has 0 atom stereocenters. The molecule has 1 aromatic heterocycles. The number of hydrogen-bond donors (Lipinski definition) is 1. The SMILES string of the molecule is Cl.Fc1ccc2cc(C3CCNCC3)sc2c1. The molecule has 4 heteroatoms. The van der Waals surface area contributed by atoms with E-state index in [9.17, 15) is 4.39 Å². The lowest BCUT2D eigenvalue weighted by Crippen LogP contribution is -2.26. The van der Waals surface area contributed by atoms with Crippen molar-refractivity contribution in [2.24, 2.45) is 0 Å². The van der Waals surface area contributed by atoms with Crippen LogP contribution in [-0.4, -0.2) is 13.1 Å². The third-order valence-corrected chi connectivity index (χ3v) is 4.50. The Morgan fingerprint density at radius 3 is 2.71 bits per heavy atom. The zero-order valence-electron chi connectivity index (χ0n) is 9.41. The summed E-state index contributed by atoms with van der Waals surface area (Å²) in [5.41, 5.74) is 0. The molecule has 0 spiro atoms. The highest BCUT2D eigenvalue weighted by Gasteiger charge is 2.17. The first-order valence-corrected chi connectivity index (χ1v) is 6.54. The molecule has 92 valence electrons. The van der Waals surface area contributed by atoms with Crippen LogP contribution in [0.3, 0.4) is 0 Å². The van der Waals surface area contributed by atoms with Crippen molar-refractivity contribution >= 4 is 33.8 Å². The van der Waals surface area contributed by atoms with Gasteiger partial charge < -0.3 is 5.32 Å². The average molecular weight is 272 g/mol. The van der Waals surface area contributed by atoms with E-state index >= 15 is 0 Å². The molecule has 1 nitrogen and oxygen atoms in total. The Kier molecular flexibility index (Phi) is 4.02. The molecule has 3 rings (SSSR count). The molecule has 0 bridgehead atoms. The minimum atomic E-state index is -0.133. The number of thiophene rings is 1. The highest BCUT2D eigenvalue weighted by Crippen LogP contribution is 2.35. The van der Waals surface area contributed by atoms with Crippen LogP contribution in [0.25, 0.3) is 10.1 Å². The molecule has 1 N–H and O–H groups in total. The Labute approximate surface area is 110 Å². The Morgan fingerprint density at radius 1 is 1.18 bits per heavy atom. The van der Waals surface area contributed by atoms with Crippen molar-refractivity contribution in [1.29, 1.82) is 0 Å². The molecule has 1 fully saturated rings. The molecule has 1 aromatic carbocycles. The number of halogens is 2. The van der Waals surface area contributed by atoms with E-state index in [-0.39, 0.29) is 18.2 Å². The van der Waals surface area contributed by atoms with Crippen LogP contribution in [0.4, 0.5) is 4.39 Å². The Morgan fingerprint density at radius 2 is 1.94 bits per heavy atom. The zero-order valence-corrected chi connectivity index (χ0v) is 11.0. The van der Waals surface area contributed by atoms with Gasteiger partial charge in [0.05, 0.1) is 0 Å². The summed E-state index contributed by atoms with van der Waals surface area (Å²) in [4.78, 5) is 1.42. The van der Waals surface area contributed by atoms with Gasteiger partial charge >= 0.3 is 0 Å². The van der Waals surface area contributed by atoms with Crippen molar-refractivity contribution in [1.82, 2.24) is 5.32 Å². The third-order valence-electron chi connectivity index (χ3n) is 3.24. The van der Waals surface area contributed by atoms with Crippen molar-refractivity contribution < 1.29 is 4.39 Å². The van der Waals surface area contributed by atoms with Gasteiger partial charge in [0.15, 0.2) is 0 Å². The van der Waals surface area contributed by atoms with Crippen LogP contribution >= 0.6 is 23.7 Å². The maximum Gasteiger partial charge on any atom is 0.124 e. The van der Waals surface area contributed by atoms with E-state index in [2.05, 4.69) is 11.4 Å². The molecular formula is C13H15ClFNS. The molecule has 17 heavy (non-hydrogen) atoms. The highest BCUT2D eigenvalue weighted by molar-refractivity contribution is 7.19. The molecule has 1 aliphatic rings. The van der Waals surface area contributed by atoms with Gasteiger partial charge in [-0.2, -0.15) is 0 Å². The Bertz CT molecular complexity index is 505. The first-order valence-electron chi connectivity index (χ1n) is 5.72. The summed E-state index contributed by atoms with van der Waals surface area (Å²) in [5.74, 6) is 0.535. The van der Waals surface area contributed by atoms with Crippen molar-refractivity contribution in [3.05, 3.63) is 35.0 Å². The number of rotatable bonds is 1. The smallest absolute Gasteiger partial charge is 0.124 e. The van der Waals surface area contributed by atoms with E-state index in [1.807, 2.05) is 6.07 Å². The van der Waals surface area contributed by atoms with Gasteiger partial charge in [-0.15, -0.1) is 23.7 Å². The lowest BCUT2D eigenvalue weighted by molar-refractivity contribution is 0.465. The van der Waals surface area contributed by atoms with Crippen molar-refractivity contribution in [2.75, 3.05) is 13.1 Å². The van der Waals surface area contributed by atoms with Gasteiger partial charge in [-0.1, -0.05) is 6.07 Å². The molecule has 0 aliphatic carbocycles. The number of piperidine rings is 1. The van der Waals surface area contributed by atoms with Crippen molar-refractivity contribution in [3.8, 4) is 0 Å². The lowest BCUT2D eigenvalue weighted by atomic mass is 9.96. The van der Waals surface area contributed by atoms with Crippen molar-refractivity contribution in [3.63, 3.8) is 0 Å². The second kappa shape index (κ2) is 5.34. The maximum absolute atomic E-state index is 13.1. The van der Waals surface area contributed by atoms with Gasteiger partial charge in [-0.25, -0.2) is 4.39 Å². The first kappa shape index (κ1) is 12.8. The van der Waals surface area contributed by atoms with E-state index in [0.717, 1.165) is 17.8 Å². The van der Waals surface area contributed by atoms with Gasteiger partial charge in [0.1, 0.15) is 5.82 Å². The van der Waals surface area contributed by atoms with E-state index in [4.69, 9.17) is 0 Å². The van der Waals surface area contributed by atoms with Crippen LogP contribution in [0.1, 0.15) is 23.6 Å². The summed E-state index contributed by atoms with van der Waals surface area (Å²) in [5, 5.41) is 4.55. The van der Waals surface area contributed by atoms with Gasteiger partial charge in [0.25, 0.3) is 0 Å². The molecule has 2 heterocycles. The van der Waals surface area contributed by atoms with Gasteiger partial charge in [0.2, 0.25) is 0 Å². The fourth-order valence-corrected chi connectivity index (χ4v) is 3.59. The van der Waals surface area contributed by atoms with E-state index in [1.165, 1.54) is 23.1 Å². The molecule has 0 unspecified atom stereocenters. The quantitative estimate of drug-likeness (QED) is 0.829. The highest BCUT2D eigenvalue weighted by atomic mass is 35.5. The Hall–Kier alpha value is -0.640. The number of hydrogen-bond acceptors (Lipinski definition) is 2. The van der Waals surface area contributed by atoms with Gasteiger partial charge in [-0.3, -0.25) is 0 Å². The molecule has 2 aromatic rings. The topological polar surface area (TPSA) is 12.0 Å². The predicted octanol–water partition coefficient (Wildman–Crippen LogP) is 3.93. The Balaban J connectivity index is 0.00000108. The number of nitrogens with one attached hydrogen (secondary N) is 1. The summed E-state index contributed by atoms with van der Waals surface area (Å²) in [6.45, 7) is 2.21. The standard InChI is InChI=1S/C13H14FNS.ClH/c14-11-2-1-10-7-12(16-13(10)8-11)9-3-5-15-6-4-9;/h1-2,7-9,15H,3-6H2;1H. The van der Waals surface area contributed by atoms with Crippen LogP contribution in [0.5, 0.6) is 0 Å².